The van der Waals surface area contributed by atoms with Crippen molar-refractivity contribution in [3.63, 3.8) is 0 Å². The number of allylic oxidation sites excluding steroid dienone is 2. The Hall–Kier alpha value is -2.80. The minimum atomic E-state index is -1.84. The maximum absolute atomic E-state index is 14.4. The minimum Gasteiger partial charge on any atom is -0.462 e. The van der Waals surface area contributed by atoms with Crippen LogP contribution < -0.4 is 5.32 Å². The van der Waals surface area contributed by atoms with Gasteiger partial charge in [-0.1, -0.05) is 70.6 Å². The number of esters is 1. The Kier molecular flexibility index (Phi) is 16.0. The molecule has 4 fully saturated rings. The summed E-state index contributed by atoms with van der Waals surface area (Å²) in [6, 6.07) is -0.315. The van der Waals surface area contributed by atoms with Crippen LogP contribution in [0.15, 0.2) is 59.3 Å². The molecule has 15 heteroatoms. The fourth-order valence-corrected chi connectivity index (χ4v) is 11.0. The summed E-state index contributed by atoms with van der Waals surface area (Å²) in [6.45, 7) is 17.7. The SMILES string of the molecule is CC[C@H](C)C1O[C@]2(C=C[C@@H]1C)C[C@@H]1CC(C/C=C(\C)[C@@H](O[C@H]3C[C@H](OC)[C@@H](O[C@H]4C[C@H](OC)[C@H](NC(C)=O)[C@H](C)O4)[C@H](C)O3)[C@@H](C)/C=C/C=C3\CO[C@@H]4[C@H](O)C(C)=C[C@@H](C(=O)O1)[C@]34O)O2. The van der Waals surface area contributed by atoms with E-state index in [0.717, 1.165) is 12.0 Å². The molecule has 0 radical (unpaired) electrons. The van der Waals surface area contributed by atoms with Gasteiger partial charge in [-0.05, 0) is 62.8 Å². The first-order valence-electron chi connectivity index (χ1n) is 23.8. The fraction of sp³-hybridized carbons (Fsp3) is 0.760. The van der Waals surface area contributed by atoms with Crippen LogP contribution in [0, 0.1) is 23.7 Å². The highest BCUT2D eigenvalue weighted by molar-refractivity contribution is 5.78. The van der Waals surface area contributed by atoms with Gasteiger partial charge < -0.3 is 62.9 Å². The number of ether oxygens (including phenoxy) is 10. The van der Waals surface area contributed by atoms with Crippen molar-refractivity contribution in [3.8, 4) is 0 Å². The van der Waals surface area contributed by atoms with Gasteiger partial charge in [0.15, 0.2) is 18.4 Å². The van der Waals surface area contributed by atoms with E-state index in [4.69, 9.17) is 47.4 Å². The van der Waals surface area contributed by atoms with Crippen molar-refractivity contribution in [3.05, 3.63) is 59.3 Å². The van der Waals surface area contributed by atoms with E-state index >= 15 is 0 Å². The number of aliphatic hydroxyl groups is 2. The van der Waals surface area contributed by atoms with Crippen LogP contribution in [0.4, 0.5) is 0 Å². The van der Waals surface area contributed by atoms with Crippen LogP contribution in [0.25, 0.3) is 0 Å². The third kappa shape index (κ3) is 10.6. The molecule has 65 heavy (non-hydrogen) atoms. The molecule has 3 N–H and O–H groups in total. The molecule has 364 valence electrons. The Labute approximate surface area is 385 Å². The second-order valence-corrected chi connectivity index (χ2v) is 19.7. The third-order valence-electron chi connectivity index (χ3n) is 14.9. The van der Waals surface area contributed by atoms with Gasteiger partial charge in [0.05, 0.1) is 55.4 Å². The van der Waals surface area contributed by atoms with E-state index in [1.54, 1.807) is 33.3 Å². The van der Waals surface area contributed by atoms with Crippen LogP contribution in [0.1, 0.15) is 101 Å². The lowest BCUT2D eigenvalue weighted by atomic mass is 9.71. The molecule has 0 saturated carbocycles. The standard InChI is InChI=1S/C50H75NO14/c1-12-26(2)45-29(5)18-19-49(65-45)24-36-21-35(64-49)17-16-28(4)44(27(3)14-13-15-34-25-58-47-43(53)30(6)20-37(48(54)61-36)50(34,47)55)62-41-23-39(57-11)46(32(8)60-41)63-40-22-38(56-10)42(31(7)59-40)51-33(9)52/h13-16,18-20,26-27,29,31-32,35-47,53,55H,12,17,21-25H2,1-11H3,(H,51,52)/b14-13+,28-16+,34-15+/t26-,27-,29-,31-,32-,35?,36-,37-,38-,39-,40-,41-,42+,43+,44-,45?,46-,47+,49+,50+/m0/s1. The summed E-state index contributed by atoms with van der Waals surface area (Å²) in [5, 5.41) is 26.7. The van der Waals surface area contributed by atoms with E-state index in [2.05, 4.69) is 45.2 Å². The smallest absolute Gasteiger partial charge is 0.316 e. The molecule has 6 aliphatic heterocycles. The van der Waals surface area contributed by atoms with Crippen molar-refractivity contribution >= 4 is 11.9 Å². The van der Waals surface area contributed by atoms with Crippen LogP contribution in [0.2, 0.25) is 0 Å². The normalized spacial score (nSPS) is 47.3. The van der Waals surface area contributed by atoms with Gasteiger partial charge in [-0.2, -0.15) is 0 Å². The van der Waals surface area contributed by atoms with E-state index in [1.165, 1.54) is 6.92 Å². The molecule has 7 rings (SSSR count). The molecule has 2 unspecified atom stereocenters. The van der Waals surface area contributed by atoms with Gasteiger partial charge >= 0.3 is 5.97 Å². The summed E-state index contributed by atoms with van der Waals surface area (Å²) in [5.41, 5.74) is 0.116. The van der Waals surface area contributed by atoms with Gasteiger partial charge in [-0.25, -0.2) is 0 Å². The summed E-state index contributed by atoms with van der Waals surface area (Å²) in [5.74, 6) is -2.75. The van der Waals surface area contributed by atoms with Crippen molar-refractivity contribution in [2.24, 2.45) is 23.7 Å². The topological polar surface area (TPSA) is 179 Å². The molecule has 1 amide bonds. The number of carbonyl (C=O) groups excluding carboxylic acids is 2. The van der Waals surface area contributed by atoms with E-state index in [-0.39, 0.29) is 61.0 Å². The van der Waals surface area contributed by atoms with Gasteiger partial charge in [-0.15, -0.1) is 0 Å². The molecule has 1 spiro atoms. The second kappa shape index (κ2) is 20.8. The first-order valence-corrected chi connectivity index (χ1v) is 23.8. The average Bonchev–Trinajstić information content (AvgIpc) is 3.61. The van der Waals surface area contributed by atoms with Gasteiger partial charge in [0.2, 0.25) is 5.91 Å². The number of aliphatic hydroxyl groups excluding tert-OH is 1. The van der Waals surface area contributed by atoms with Gasteiger partial charge in [0, 0.05) is 58.7 Å². The van der Waals surface area contributed by atoms with Crippen LogP contribution in [-0.4, -0.2) is 140 Å². The van der Waals surface area contributed by atoms with Crippen LogP contribution in [-0.2, 0) is 57.0 Å². The molecule has 7 aliphatic rings. The highest BCUT2D eigenvalue weighted by Crippen LogP contribution is 2.47. The predicted molar refractivity (Wildman–Crippen MR) is 239 cm³/mol. The summed E-state index contributed by atoms with van der Waals surface area (Å²) in [7, 11) is 3.27. The van der Waals surface area contributed by atoms with Gasteiger partial charge in [0.25, 0.3) is 0 Å². The minimum absolute atomic E-state index is 0.0270. The van der Waals surface area contributed by atoms with Crippen LogP contribution >= 0.6 is 0 Å². The number of hydrogen-bond acceptors (Lipinski definition) is 14. The molecule has 0 aromatic rings. The number of methoxy groups -OCH3 is 2. The lowest BCUT2D eigenvalue weighted by Crippen LogP contribution is -2.58. The molecule has 4 saturated heterocycles. The summed E-state index contributed by atoms with van der Waals surface area (Å²) in [6.07, 6.45) is 9.46. The largest absolute Gasteiger partial charge is 0.462 e. The van der Waals surface area contributed by atoms with Crippen LogP contribution in [0.3, 0.4) is 0 Å². The number of hydrogen-bond donors (Lipinski definition) is 3. The highest BCUT2D eigenvalue weighted by atomic mass is 16.7. The number of fused-ring (bicyclic) bond motifs is 2. The monoisotopic (exact) mass is 914 g/mol. The second-order valence-electron chi connectivity index (χ2n) is 19.7. The summed E-state index contributed by atoms with van der Waals surface area (Å²) in [4.78, 5) is 26.3. The molecule has 20 atom stereocenters. The van der Waals surface area contributed by atoms with Crippen molar-refractivity contribution in [2.75, 3.05) is 20.8 Å². The number of carbonyl (C=O) groups is 2. The lowest BCUT2D eigenvalue weighted by molar-refractivity contribution is -0.311. The zero-order valence-corrected chi connectivity index (χ0v) is 40.2. The highest BCUT2D eigenvalue weighted by Gasteiger charge is 2.60. The van der Waals surface area contributed by atoms with Crippen molar-refractivity contribution in [1.29, 1.82) is 0 Å². The molecular weight excluding hydrogens is 839 g/mol. The molecule has 6 heterocycles. The molecular formula is C50H75NO14. The molecule has 0 aromatic carbocycles. The average molecular weight is 914 g/mol. The first kappa shape index (κ1) is 50.1. The molecule has 0 aromatic heterocycles. The number of nitrogens with one attached hydrogen (secondary N) is 1. The predicted octanol–water partition coefficient (Wildman–Crippen LogP) is 5.52. The maximum atomic E-state index is 14.4. The quantitative estimate of drug-likeness (QED) is 0.195. The molecule has 1 aliphatic carbocycles. The first-order chi connectivity index (χ1) is 30.9. The van der Waals surface area contributed by atoms with E-state index in [1.807, 2.05) is 39.0 Å². The zero-order chi connectivity index (χ0) is 47.0. The molecule has 2 bridgehead atoms. The Morgan fingerprint density at radius 2 is 1.65 bits per heavy atom. The Morgan fingerprint density at radius 3 is 2.35 bits per heavy atom. The van der Waals surface area contributed by atoms with E-state index < -0.39 is 84.7 Å². The van der Waals surface area contributed by atoms with E-state index in [0.29, 0.717) is 36.8 Å². The van der Waals surface area contributed by atoms with Gasteiger partial charge in [-0.3, -0.25) is 9.59 Å². The molecule has 15 nitrogen and oxygen atoms in total. The zero-order valence-electron chi connectivity index (χ0n) is 40.2. The third-order valence-corrected chi connectivity index (χ3v) is 14.9. The van der Waals surface area contributed by atoms with Crippen molar-refractivity contribution in [2.45, 2.75) is 198 Å². The lowest BCUT2D eigenvalue weighted by Gasteiger charge is -2.48. The van der Waals surface area contributed by atoms with E-state index in [9.17, 15) is 19.8 Å². The van der Waals surface area contributed by atoms with Gasteiger partial charge in [0.1, 0.15) is 35.9 Å². The number of rotatable bonds is 9. The van der Waals surface area contributed by atoms with Crippen LogP contribution in [0.5, 0.6) is 0 Å². The Morgan fingerprint density at radius 1 is 0.938 bits per heavy atom. The fourth-order valence-electron chi connectivity index (χ4n) is 11.0. The maximum Gasteiger partial charge on any atom is 0.316 e. The van der Waals surface area contributed by atoms with Crippen molar-refractivity contribution in [1.82, 2.24) is 5.32 Å². The van der Waals surface area contributed by atoms with Crippen molar-refractivity contribution < 1.29 is 67.2 Å². The Bertz CT molecular complexity index is 1850. The summed E-state index contributed by atoms with van der Waals surface area (Å²) >= 11 is 0. The summed E-state index contributed by atoms with van der Waals surface area (Å²) < 4.78 is 64.4. The Balaban J connectivity index is 1.16. The number of amides is 1.